The van der Waals surface area contributed by atoms with Crippen molar-refractivity contribution in [2.75, 3.05) is 16.8 Å². The number of anilines is 2. The molecule has 8 nitrogen and oxygen atoms in total. The highest BCUT2D eigenvalue weighted by atomic mass is 19.1. The van der Waals surface area contributed by atoms with Crippen molar-refractivity contribution in [3.05, 3.63) is 100.0 Å². The van der Waals surface area contributed by atoms with Crippen molar-refractivity contribution >= 4 is 34.4 Å². The first-order valence-corrected chi connectivity index (χ1v) is 10.0. The third-order valence-corrected chi connectivity index (χ3v) is 4.98. The number of para-hydroxylation sites is 2. The van der Waals surface area contributed by atoms with Gasteiger partial charge in [0, 0.05) is 12.1 Å². The zero-order valence-corrected chi connectivity index (χ0v) is 17.4. The Balaban J connectivity index is 1.82. The zero-order chi connectivity index (χ0) is 23.5. The van der Waals surface area contributed by atoms with Gasteiger partial charge in [-0.25, -0.2) is 9.29 Å². The second kappa shape index (κ2) is 8.91. The summed E-state index contributed by atoms with van der Waals surface area (Å²) in [4.78, 5) is 38.2. The van der Waals surface area contributed by atoms with Crippen molar-refractivity contribution < 1.29 is 23.6 Å². The van der Waals surface area contributed by atoms with Gasteiger partial charge in [-0.1, -0.05) is 12.1 Å². The second-order valence-corrected chi connectivity index (χ2v) is 7.03. The molecule has 0 radical (unpaired) electrons. The molecule has 1 aliphatic heterocycles. The van der Waals surface area contributed by atoms with Crippen LogP contribution in [0.2, 0.25) is 0 Å². The van der Waals surface area contributed by atoms with Crippen molar-refractivity contribution in [3.63, 3.8) is 0 Å². The minimum Gasteiger partial charge on any atom is -0.492 e. The Morgan fingerprint density at radius 2 is 1.64 bits per heavy atom. The molecule has 0 atom stereocenters. The van der Waals surface area contributed by atoms with Crippen LogP contribution in [0.5, 0.6) is 5.75 Å². The molecular weight excluding hydrogens is 429 g/mol. The van der Waals surface area contributed by atoms with Crippen molar-refractivity contribution in [2.24, 2.45) is 0 Å². The van der Waals surface area contributed by atoms with Crippen LogP contribution in [0, 0.1) is 15.9 Å². The second-order valence-electron chi connectivity index (χ2n) is 7.03. The topological polar surface area (TPSA) is 102 Å². The first-order chi connectivity index (χ1) is 15.9. The number of carbonyl (C=O) groups excluding carboxylic acids is 2. The fourth-order valence-electron chi connectivity index (χ4n) is 3.47. The van der Waals surface area contributed by atoms with E-state index in [4.69, 9.17) is 4.74 Å². The maximum absolute atomic E-state index is 13.4. The zero-order valence-electron chi connectivity index (χ0n) is 17.4. The molecule has 0 saturated carbocycles. The molecule has 0 unspecified atom stereocenters. The number of rotatable bonds is 7. The normalized spacial score (nSPS) is 13.5. The van der Waals surface area contributed by atoms with Gasteiger partial charge >= 0.3 is 0 Å². The summed E-state index contributed by atoms with van der Waals surface area (Å²) in [6, 6.07) is 17.2. The molecule has 3 aromatic carbocycles. The number of ether oxygens (including phenoxy) is 1. The summed E-state index contributed by atoms with van der Waals surface area (Å²) in [7, 11) is 0. The van der Waals surface area contributed by atoms with Crippen LogP contribution >= 0.6 is 0 Å². The lowest BCUT2D eigenvalue weighted by Gasteiger charge is -2.16. The lowest BCUT2D eigenvalue weighted by Crippen LogP contribution is -2.32. The molecule has 33 heavy (non-hydrogen) atoms. The number of nitrogens with zero attached hydrogens (tertiary/aromatic N) is 2. The molecule has 3 aromatic rings. The summed E-state index contributed by atoms with van der Waals surface area (Å²) in [6.07, 6.45) is 0. The Morgan fingerprint density at radius 3 is 2.27 bits per heavy atom. The van der Waals surface area contributed by atoms with Crippen LogP contribution in [0.3, 0.4) is 0 Å². The van der Waals surface area contributed by atoms with Gasteiger partial charge in [-0.2, -0.15) is 0 Å². The lowest BCUT2D eigenvalue weighted by atomic mass is 10.0. The van der Waals surface area contributed by atoms with Gasteiger partial charge in [-0.3, -0.25) is 19.7 Å². The Morgan fingerprint density at radius 1 is 0.970 bits per heavy atom. The predicted molar refractivity (Wildman–Crippen MR) is 120 cm³/mol. The maximum atomic E-state index is 13.4. The van der Waals surface area contributed by atoms with Crippen molar-refractivity contribution in [1.82, 2.24) is 0 Å². The van der Waals surface area contributed by atoms with Gasteiger partial charge in [0.1, 0.15) is 17.3 Å². The molecule has 0 aliphatic carbocycles. The van der Waals surface area contributed by atoms with Gasteiger partial charge in [-0.15, -0.1) is 0 Å². The molecule has 0 bridgehead atoms. The third kappa shape index (κ3) is 4.16. The summed E-state index contributed by atoms with van der Waals surface area (Å²) < 4.78 is 19.0. The largest absolute Gasteiger partial charge is 0.492 e. The lowest BCUT2D eigenvalue weighted by molar-refractivity contribution is -0.384. The summed E-state index contributed by atoms with van der Waals surface area (Å²) in [5.41, 5.74) is 0.843. The molecule has 2 amide bonds. The van der Waals surface area contributed by atoms with E-state index in [9.17, 15) is 24.1 Å². The van der Waals surface area contributed by atoms with Gasteiger partial charge in [-0.05, 0) is 61.0 Å². The van der Waals surface area contributed by atoms with Crippen LogP contribution in [0.4, 0.5) is 21.5 Å². The number of halogens is 1. The van der Waals surface area contributed by atoms with Crippen LogP contribution in [-0.2, 0) is 9.59 Å². The summed E-state index contributed by atoms with van der Waals surface area (Å²) in [6.45, 7) is 2.21. The molecule has 166 valence electrons. The molecule has 1 aliphatic rings. The van der Waals surface area contributed by atoms with Crippen molar-refractivity contribution in [1.29, 1.82) is 0 Å². The summed E-state index contributed by atoms with van der Waals surface area (Å²) in [5, 5.41) is 14.0. The highest BCUT2D eigenvalue weighted by Gasteiger charge is 2.40. The Labute approximate surface area is 188 Å². The number of imide groups is 1. The molecule has 4 rings (SSSR count). The molecule has 9 heteroatoms. The number of nitro benzene ring substituents is 1. The van der Waals surface area contributed by atoms with Crippen LogP contribution in [0.25, 0.3) is 5.57 Å². The van der Waals surface area contributed by atoms with Gasteiger partial charge in [0.2, 0.25) is 0 Å². The average molecular weight is 447 g/mol. The van der Waals surface area contributed by atoms with E-state index in [0.29, 0.717) is 23.6 Å². The van der Waals surface area contributed by atoms with Crippen LogP contribution in [0.1, 0.15) is 12.5 Å². The standard InChI is InChI=1S/C24H18FN3O5/c1-2-33-20-6-4-3-5-19(20)26-22-21(15-7-11-18(12-8-15)28(31)32)23(29)27(24(22)30)17-13-9-16(25)10-14-17/h3-14,26H,2H2,1H3. The third-order valence-electron chi connectivity index (χ3n) is 4.98. The molecule has 0 spiro atoms. The van der Waals surface area contributed by atoms with Crippen LogP contribution in [0.15, 0.2) is 78.5 Å². The van der Waals surface area contributed by atoms with E-state index in [-0.39, 0.29) is 22.6 Å². The van der Waals surface area contributed by atoms with E-state index >= 15 is 0 Å². The highest BCUT2D eigenvalue weighted by molar-refractivity contribution is 6.46. The van der Waals surface area contributed by atoms with Gasteiger partial charge < -0.3 is 10.1 Å². The number of carbonyl (C=O) groups is 2. The minimum absolute atomic E-state index is 0.0228. The quantitative estimate of drug-likeness (QED) is 0.324. The molecule has 0 saturated heterocycles. The number of benzene rings is 3. The number of non-ortho nitro benzene ring substituents is 1. The SMILES string of the molecule is CCOc1ccccc1NC1=C(c2ccc([N+](=O)[O-])cc2)C(=O)N(c2ccc(F)cc2)C1=O. The van der Waals surface area contributed by atoms with E-state index < -0.39 is 22.6 Å². The first-order valence-electron chi connectivity index (χ1n) is 10.0. The van der Waals surface area contributed by atoms with E-state index in [0.717, 1.165) is 17.0 Å². The van der Waals surface area contributed by atoms with Crippen molar-refractivity contribution in [2.45, 2.75) is 6.92 Å². The summed E-state index contributed by atoms with van der Waals surface area (Å²) in [5.74, 6) is -1.32. The number of amides is 2. The molecule has 0 fully saturated rings. The number of hydrogen-bond acceptors (Lipinski definition) is 6. The Kier molecular flexibility index (Phi) is 5.86. The smallest absolute Gasteiger partial charge is 0.282 e. The first kappa shape index (κ1) is 21.7. The molecule has 1 heterocycles. The summed E-state index contributed by atoms with van der Waals surface area (Å²) >= 11 is 0. The van der Waals surface area contributed by atoms with Gasteiger partial charge in [0.25, 0.3) is 17.5 Å². The minimum atomic E-state index is -0.647. The maximum Gasteiger partial charge on any atom is 0.282 e. The molecule has 0 aromatic heterocycles. The van der Waals surface area contributed by atoms with E-state index in [1.54, 1.807) is 24.3 Å². The Bertz CT molecular complexity index is 1270. The van der Waals surface area contributed by atoms with E-state index in [1.165, 1.54) is 36.4 Å². The van der Waals surface area contributed by atoms with Crippen molar-refractivity contribution in [3.8, 4) is 5.75 Å². The molecular formula is C24H18FN3O5. The Hall–Kier alpha value is -4.53. The number of hydrogen-bond donors (Lipinski definition) is 1. The predicted octanol–water partition coefficient (Wildman–Crippen LogP) is 4.53. The molecule has 1 N–H and O–H groups in total. The number of nitro groups is 1. The van der Waals surface area contributed by atoms with Crippen LogP contribution in [-0.4, -0.2) is 23.3 Å². The van der Waals surface area contributed by atoms with E-state index in [2.05, 4.69) is 5.32 Å². The van der Waals surface area contributed by atoms with Crippen LogP contribution < -0.4 is 15.0 Å². The van der Waals surface area contributed by atoms with Gasteiger partial charge in [0.15, 0.2) is 0 Å². The highest BCUT2D eigenvalue weighted by Crippen LogP contribution is 2.36. The fourth-order valence-corrected chi connectivity index (χ4v) is 3.47. The fraction of sp³-hybridized carbons (Fsp3) is 0.0833. The van der Waals surface area contributed by atoms with E-state index in [1.807, 2.05) is 6.92 Å². The van der Waals surface area contributed by atoms with Gasteiger partial charge in [0.05, 0.1) is 28.5 Å². The monoisotopic (exact) mass is 447 g/mol. The average Bonchev–Trinajstić information content (AvgIpc) is 3.05. The number of nitrogens with one attached hydrogen (secondary N) is 1.